The summed E-state index contributed by atoms with van der Waals surface area (Å²) in [5, 5.41) is 9.84. The van der Waals surface area contributed by atoms with Crippen molar-refractivity contribution in [2.75, 3.05) is 13.7 Å². The zero-order chi connectivity index (χ0) is 15.1. The van der Waals surface area contributed by atoms with Gasteiger partial charge in [0.2, 0.25) is 0 Å². The maximum absolute atomic E-state index is 14.0. The Bertz CT molecular complexity index is 545. The van der Waals surface area contributed by atoms with Gasteiger partial charge in [-0.05, 0) is 11.6 Å². The van der Waals surface area contributed by atoms with Crippen molar-refractivity contribution in [3.63, 3.8) is 0 Å². The van der Waals surface area contributed by atoms with Crippen LogP contribution in [0.15, 0.2) is 54.6 Å². The highest BCUT2D eigenvalue weighted by molar-refractivity contribution is 5.32. The SMILES string of the molecule is COc1ccccc1COC[C@H](O)[C@H](F)c1ccccc1. The first-order valence-electron chi connectivity index (χ1n) is 6.79. The Kier molecular flexibility index (Phi) is 5.72. The van der Waals surface area contributed by atoms with Gasteiger partial charge in [-0.15, -0.1) is 0 Å². The molecule has 1 N–H and O–H groups in total. The minimum absolute atomic E-state index is 0.0753. The van der Waals surface area contributed by atoms with Gasteiger partial charge in [0.25, 0.3) is 0 Å². The van der Waals surface area contributed by atoms with Gasteiger partial charge in [-0.25, -0.2) is 4.39 Å². The van der Waals surface area contributed by atoms with E-state index in [9.17, 15) is 9.50 Å². The van der Waals surface area contributed by atoms with Crippen LogP contribution in [0.5, 0.6) is 5.75 Å². The molecule has 0 unspecified atom stereocenters. The highest BCUT2D eigenvalue weighted by atomic mass is 19.1. The molecule has 2 aromatic rings. The average Bonchev–Trinajstić information content (AvgIpc) is 2.55. The summed E-state index contributed by atoms with van der Waals surface area (Å²) in [5.74, 6) is 0.715. The fourth-order valence-corrected chi connectivity index (χ4v) is 2.06. The lowest BCUT2D eigenvalue weighted by atomic mass is 10.1. The summed E-state index contributed by atoms with van der Waals surface area (Å²) in [6.45, 7) is 0.191. The largest absolute Gasteiger partial charge is 0.496 e. The van der Waals surface area contributed by atoms with Gasteiger partial charge in [0, 0.05) is 5.56 Å². The summed E-state index contributed by atoms with van der Waals surface area (Å²) >= 11 is 0. The van der Waals surface area contributed by atoms with E-state index in [1.165, 1.54) is 0 Å². The summed E-state index contributed by atoms with van der Waals surface area (Å²) in [6.07, 6.45) is -2.65. The zero-order valence-electron chi connectivity index (χ0n) is 11.9. The molecule has 0 aliphatic heterocycles. The molecule has 2 rings (SSSR count). The Balaban J connectivity index is 1.85. The molecule has 0 aromatic heterocycles. The number of aliphatic hydroxyl groups is 1. The van der Waals surface area contributed by atoms with E-state index >= 15 is 0 Å². The Morgan fingerprint density at radius 2 is 1.71 bits per heavy atom. The van der Waals surface area contributed by atoms with Crippen molar-refractivity contribution < 1.29 is 19.0 Å². The number of halogens is 1. The number of hydrogen-bond acceptors (Lipinski definition) is 3. The Hall–Kier alpha value is -1.91. The monoisotopic (exact) mass is 290 g/mol. The highest BCUT2D eigenvalue weighted by Crippen LogP contribution is 2.22. The number of alkyl halides is 1. The predicted molar refractivity (Wildman–Crippen MR) is 78.9 cm³/mol. The van der Waals surface area contributed by atoms with Gasteiger partial charge in [-0.3, -0.25) is 0 Å². The second-order valence-electron chi connectivity index (χ2n) is 4.71. The molecule has 0 fully saturated rings. The summed E-state index contributed by atoms with van der Waals surface area (Å²) in [7, 11) is 1.58. The highest BCUT2D eigenvalue weighted by Gasteiger charge is 2.20. The van der Waals surface area contributed by atoms with Crippen LogP contribution in [-0.2, 0) is 11.3 Å². The van der Waals surface area contributed by atoms with E-state index in [4.69, 9.17) is 9.47 Å². The normalized spacial score (nSPS) is 13.7. The molecule has 4 heteroatoms. The summed E-state index contributed by atoms with van der Waals surface area (Å²) in [4.78, 5) is 0. The lowest BCUT2D eigenvalue weighted by molar-refractivity contribution is -0.0140. The smallest absolute Gasteiger partial charge is 0.153 e. The second kappa shape index (κ2) is 7.76. The number of ether oxygens (including phenoxy) is 2. The molecule has 21 heavy (non-hydrogen) atoms. The molecular formula is C17H19FO3. The van der Waals surface area contributed by atoms with Crippen molar-refractivity contribution in [3.8, 4) is 5.75 Å². The van der Waals surface area contributed by atoms with E-state index in [-0.39, 0.29) is 13.2 Å². The Labute approximate surface area is 124 Å². The lowest BCUT2D eigenvalue weighted by Crippen LogP contribution is -2.21. The topological polar surface area (TPSA) is 38.7 Å². The molecule has 112 valence electrons. The van der Waals surface area contributed by atoms with E-state index in [2.05, 4.69) is 0 Å². The number of benzene rings is 2. The number of hydrogen-bond donors (Lipinski definition) is 1. The van der Waals surface area contributed by atoms with Gasteiger partial charge in [-0.2, -0.15) is 0 Å². The molecular weight excluding hydrogens is 271 g/mol. The molecule has 2 atom stereocenters. The van der Waals surface area contributed by atoms with E-state index in [0.29, 0.717) is 11.3 Å². The van der Waals surface area contributed by atoms with E-state index in [1.54, 1.807) is 37.4 Å². The number of aliphatic hydroxyl groups excluding tert-OH is 1. The molecule has 0 amide bonds. The minimum Gasteiger partial charge on any atom is -0.496 e. The number of para-hydroxylation sites is 1. The zero-order valence-corrected chi connectivity index (χ0v) is 11.9. The third-order valence-electron chi connectivity index (χ3n) is 3.19. The van der Waals surface area contributed by atoms with Crippen LogP contribution in [-0.4, -0.2) is 24.9 Å². The Morgan fingerprint density at radius 3 is 2.43 bits per heavy atom. The van der Waals surface area contributed by atoms with Crippen molar-refractivity contribution in [2.45, 2.75) is 18.9 Å². The number of methoxy groups -OCH3 is 1. The predicted octanol–water partition coefficient (Wildman–Crippen LogP) is 3.28. The fraction of sp³-hybridized carbons (Fsp3) is 0.294. The van der Waals surface area contributed by atoms with Crippen molar-refractivity contribution >= 4 is 0 Å². The number of rotatable bonds is 7. The van der Waals surface area contributed by atoms with Crippen LogP contribution in [0.2, 0.25) is 0 Å². The van der Waals surface area contributed by atoms with Crippen LogP contribution in [0.1, 0.15) is 17.3 Å². The average molecular weight is 290 g/mol. The molecule has 0 aliphatic carbocycles. The maximum atomic E-state index is 14.0. The molecule has 0 bridgehead atoms. The standard InChI is InChI=1S/C17H19FO3/c1-20-16-10-6-5-9-14(16)11-21-12-15(19)17(18)13-7-3-2-4-8-13/h2-10,15,17,19H,11-12H2,1H3/t15-,17+/m0/s1. The lowest BCUT2D eigenvalue weighted by Gasteiger charge is -2.16. The molecule has 0 spiro atoms. The molecule has 0 saturated carbocycles. The molecule has 3 nitrogen and oxygen atoms in total. The van der Waals surface area contributed by atoms with Gasteiger partial charge >= 0.3 is 0 Å². The van der Waals surface area contributed by atoms with Crippen molar-refractivity contribution in [1.29, 1.82) is 0 Å². The maximum Gasteiger partial charge on any atom is 0.153 e. The van der Waals surface area contributed by atoms with Gasteiger partial charge in [0.05, 0.1) is 20.3 Å². The van der Waals surface area contributed by atoms with Gasteiger partial charge in [0.1, 0.15) is 11.9 Å². The van der Waals surface area contributed by atoms with E-state index in [0.717, 1.165) is 5.56 Å². The van der Waals surface area contributed by atoms with Crippen molar-refractivity contribution in [2.24, 2.45) is 0 Å². The van der Waals surface area contributed by atoms with Crippen LogP contribution in [0.25, 0.3) is 0 Å². The van der Waals surface area contributed by atoms with Gasteiger partial charge in [0.15, 0.2) is 6.17 Å². The molecule has 0 radical (unpaired) electrons. The molecule has 2 aromatic carbocycles. The first-order chi connectivity index (χ1) is 10.2. The van der Waals surface area contributed by atoms with Crippen molar-refractivity contribution in [1.82, 2.24) is 0 Å². The second-order valence-corrected chi connectivity index (χ2v) is 4.71. The molecule has 0 saturated heterocycles. The van der Waals surface area contributed by atoms with Crippen molar-refractivity contribution in [3.05, 3.63) is 65.7 Å². The van der Waals surface area contributed by atoms with Crippen LogP contribution < -0.4 is 4.74 Å². The first-order valence-corrected chi connectivity index (χ1v) is 6.79. The van der Waals surface area contributed by atoms with Gasteiger partial charge < -0.3 is 14.6 Å². The summed E-state index contributed by atoms with van der Waals surface area (Å²) < 4.78 is 24.6. The first kappa shape index (κ1) is 15.5. The fourth-order valence-electron chi connectivity index (χ4n) is 2.06. The molecule has 0 aliphatic rings. The third kappa shape index (κ3) is 4.28. The summed E-state index contributed by atoms with van der Waals surface area (Å²) in [6, 6.07) is 16.0. The quantitative estimate of drug-likeness (QED) is 0.850. The summed E-state index contributed by atoms with van der Waals surface area (Å²) in [5.41, 5.74) is 1.31. The van der Waals surface area contributed by atoms with Crippen LogP contribution >= 0.6 is 0 Å². The van der Waals surface area contributed by atoms with Gasteiger partial charge in [-0.1, -0.05) is 48.5 Å². The van der Waals surface area contributed by atoms with Crippen LogP contribution in [0.3, 0.4) is 0 Å². The molecule has 0 heterocycles. The minimum atomic E-state index is -1.45. The van der Waals surface area contributed by atoms with E-state index < -0.39 is 12.3 Å². The van der Waals surface area contributed by atoms with Crippen LogP contribution in [0, 0.1) is 0 Å². The third-order valence-corrected chi connectivity index (χ3v) is 3.19. The Morgan fingerprint density at radius 1 is 1.05 bits per heavy atom. The van der Waals surface area contributed by atoms with E-state index in [1.807, 2.05) is 24.3 Å². The van der Waals surface area contributed by atoms with Crippen LogP contribution in [0.4, 0.5) is 4.39 Å².